The zero-order chi connectivity index (χ0) is 11.2. The normalized spacial score (nSPS) is 10.1. The highest BCUT2D eigenvalue weighted by atomic mass is 15.1. The molecule has 2 aromatic heterocycles. The first-order chi connectivity index (χ1) is 7.88. The van der Waals surface area contributed by atoms with E-state index in [2.05, 4.69) is 25.6 Å². The van der Waals surface area contributed by atoms with Crippen LogP contribution in [0.25, 0.3) is 0 Å². The van der Waals surface area contributed by atoms with E-state index in [1.54, 1.807) is 12.4 Å². The molecule has 2 N–H and O–H groups in total. The molecule has 0 spiro atoms. The van der Waals surface area contributed by atoms with Gasteiger partial charge in [-0.05, 0) is 25.2 Å². The fourth-order valence-corrected chi connectivity index (χ4v) is 1.28. The van der Waals surface area contributed by atoms with E-state index in [0.717, 1.165) is 17.5 Å². The van der Waals surface area contributed by atoms with E-state index in [9.17, 15) is 0 Å². The summed E-state index contributed by atoms with van der Waals surface area (Å²) in [6, 6.07) is 7.50. The third-order valence-corrected chi connectivity index (χ3v) is 1.96. The average Bonchev–Trinajstić information content (AvgIpc) is 2.31. The standard InChI is InChI=1S/C11H13N5/c1-12-8-11-14-7-5-10(16-11)15-9-4-2-3-6-13-9/h2-7,12H,8H2,1H3,(H,13,14,15,16). The van der Waals surface area contributed by atoms with Crippen molar-refractivity contribution in [2.45, 2.75) is 6.54 Å². The molecule has 0 aliphatic rings. The summed E-state index contributed by atoms with van der Waals surface area (Å²) in [6.45, 7) is 0.651. The molecular formula is C11H13N5. The minimum absolute atomic E-state index is 0.651. The molecule has 0 fully saturated rings. The van der Waals surface area contributed by atoms with Crippen LogP contribution < -0.4 is 10.6 Å². The number of aromatic nitrogens is 3. The quantitative estimate of drug-likeness (QED) is 0.805. The molecule has 0 saturated heterocycles. The Bertz CT molecular complexity index is 443. The molecule has 0 aromatic carbocycles. The highest BCUT2D eigenvalue weighted by molar-refractivity contribution is 5.50. The fourth-order valence-electron chi connectivity index (χ4n) is 1.28. The molecule has 5 nitrogen and oxygen atoms in total. The minimum atomic E-state index is 0.651. The summed E-state index contributed by atoms with van der Waals surface area (Å²) in [5.41, 5.74) is 0. The van der Waals surface area contributed by atoms with Crippen molar-refractivity contribution in [3.05, 3.63) is 42.5 Å². The molecule has 5 heteroatoms. The Labute approximate surface area is 94.0 Å². The summed E-state index contributed by atoms with van der Waals surface area (Å²) < 4.78 is 0. The van der Waals surface area contributed by atoms with Crippen LogP contribution in [0.5, 0.6) is 0 Å². The van der Waals surface area contributed by atoms with Gasteiger partial charge < -0.3 is 10.6 Å². The van der Waals surface area contributed by atoms with Gasteiger partial charge in [-0.3, -0.25) is 0 Å². The second-order valence-corrected chi connectivity index (χ2v) is 3.23. The summed E-state index contributed by atoms with van der Waals surface area (Å²) in [4.78, 5) is 12.6. The van der Waals surface area contributed by atoms with E-state index < -0.39 is 0 Å². The maximum atomic E-state index is 4.33. The second-order valence-electron chi connectivity index (χ2n) is 3.23. The van der Waals surface area contributed by atoms with Gasteiger partial charge in [0.25, 0.3) is 0 Å². The molecule has 2 rings (SSSR count). The van der Waals surface area contributed by atoms with Crippen molar-refractivity contribution in [3.8, 4) is 0 Å². The SMILES string of the molecule is CNCc1nccc(Nc2ccccn2)n1. The van der Waals surface area contributed by atoms with Crippen molar-refractivity contribution in [1.29, 1.82) is 0 Å². The Kier molecular flexibility index (Phi) is 3.40. The molecule has 0 aliphatic heterocycles. The number of nitrogens with zero attached hydrogens (tertiary/aromatic N) is 3. The molecule has 0 saturated carbocycles. The smallest absolute Gasteiger partial charge is 0.144 e. The number of anilines is 2. The Morgan fingerprint density at radius 1 is 1.06 bits per heavy atom. The summed E-state index contributed by atoms with van der Waals surface area (Å²) in [5.74, 6) is 2.28. The topological polar surface area (TPSA) is 62.7 Å². The number of pyridine rings is 1. The first-order valence-electron chi connectivity index (χ1n) is 5.03. The highest BCUT2D eigenvalue weighted by Gasteiger charge is 1.99. The maximum absolute atomic E-state index is 4.33. The molecule has 2 heterocycles. The lowest BCUT2D eigenvalue weighted by molar-refractivity contribution is 0.759. The van der Waals surface area contributed by atoms with Gasteiger partial charge in [-0.2, -0.15) is 0 Å². The van der Waals surface area contributed by atoms with E-state index in [4.69, 9.17) is 0 Å². The maximum Gasteiger partial charge on any atom is 0.144 e. The van der Waals surface area contributed by atoms with E-state index in [1.165, 1.54) is 0 Å². The summed E-state index contributed by atoms with van der Waals surface area (Å²) in [6.07, 6.45) is 3.46. The van der Waals surface area contributed by atoms with Crippen LogP contribution in [0.15, 0.2) is 36.7 Å². The lowest BCUT2D eigenvalue weighted by Gasteiger charge is -2.05. The van der Waals surface area contributed by atoms with Crippen molar-refractivity contribution < 1.29 is 0 Å². The van der Waals surface area contributed by atoms with Crippen LogP contribution in [0.1, 0.15) is 5.82 Å². The van der Waals surface area contributed by atoms with Gasteiger partial charge >= 0.3 is 0 Å². The van der Waals surface area contributed by atoms with Crippen LogP contribution in [0, 0.1) is 0 Å². The monoisotopic (exact) mass is 215 g/mol. The van der Waals surface area contributed by atoms with Crippen molar-refractivity contribution in [1.82, 2.24) is 20.3 Å². The Morgan fingerprint density at radius 3 is 2.75 bits per heavy atom. The van der Waals surface area contributed by atoms with Gasteiger partial charge in [-0.1, -0.05) is 6.07 Å². The molecular weight excluding hydrogens is 202 g/mol. The third kappa shape index (κ3) is 2.74. The van der Waals surface area contributed by atoms with E-state index in [1.807, 2.05) is 31.3 Å². The van der Waals surface area contributed by atoms with E-state index in [0.29, 0.717) is 6.54 Å². The van der Waals surface area contributed by atoms with E-state index >= 15 is 0 Å². The van der Waals surface area contributed by atoms with Crippen molar-refractivity contribution in [2.75, 3.05) is 12.4 Å². The third-order valence-electron chi connectivity index (χ3n) is 1.96. The molecule has 0 bridgehead atoms. The average molecular weight is 215 g/mol. The first kappa shape index (κ1) is 10.5. The molecule has 0 aliphatic carbocycles. The van der Waals surface area contributed by atoms with E-state index in [-0.39, 0.29) is 0 Å². The van der Waals surface area contributed by atoms with Crippen LogP contribution in [0.4, 0.5) is 11.6 Å². The highest BCUT2D eigenvalue weighted by Crippen LogP contribution is 2.09. The predicted molar refractivity (Wildman–Crippen MR) is 62.3 cm³/mol. The number of hydrogen-bond donors (Lipinski definition) is 2. The lowest BCUT2D eigenvalue weighted by Crippen LogP contribution is -2.09. The predicted octanol–water partition coefficient (Wildman–Crippen LogP) is 1.33. The second kappa shape index (κ2) is 5.18. The minimum Gasteiger partial charge on any atom is -0.325 e. The van der Waals surface area contributed by atoms with Gasteiger partial charge in [0, 0.05) is 12.4 Å². The van der Waals surface area contributed by atoms with Crippen LogP contribution in [-0.2, 0) is 6.54 Å². The van der Waals surface area contributed by atoms with Crippen molar-refractivity contribution in [2.24, 2.45) is 0 Å². The van der Waals surface area contributed by atoms with Crippen molar-refractivity contribution >= 4 is 11.6 Å². The first-order valence-corrected chi connectivity index (χ1v) is 5.03. The van der Waals surface area contributed by atoms with Crippen LogP contribution in [-0.4, -0.2) is 22.0 Å². The van der Waals surface area contributed by atoms with Gasteiger partial charge in [0.15, 0.2) is 0 Å². The van der Waals surface area contributed by atoms with Gasteiger partial charge in [0.2, 0.25) is 0 Å². The number of hydrogen-bond acceptors (Lipinski definition) is 5. The van der Waals surface area contributed by atoms with Gasteiger partial charge in [-0.15, -0.1) is 0 Å². The summed E-state index contributed by atoms with van der Waals surface area (Å²) in [5, 5.41) is 6.12. The molecule has 0 unspecified atom stereocenters. The van der Waals surface area contributed by atoms with Crippen LogP contribution >= 0.6 is 0 Å². The Morgan fingerprint density at radius 2 is 2.00 bits per heavy atom. The van der Waals surface area contributed by atoms with Gasteiger partial charge in [-0.25, -0.2) is 15.0 Å². The summed E-state index contributed by atoms with van der Waals surface area (Å²) in [7, 11) is 1.86. The zero-order valence-electron chi connectivity index (χ0n) is 9.01. The molecule has 0 radical (unpaired) electrons. The van der Waals surface area contributed by atoms with Crippen molar-refractivity contribution in [3.63, 3.8) is 0 Å². The number of rotatable bonds is 4. The molecule has 82 valence electrons. The Hall–Kier alpha value is -2.01. The summed E-state index contributed by atoms with van der Waals surface area (Å²) >= 11 is 0. The number of nitrogens with one attached hydrogen (secondary N) is 2. The fraction of sp³-hybridized carbons (Fsp3) is 0.182. The molecule has 2 aromatic rings. The lowest BCUT2D eigenvalue weighted by atomic mass is 10.4. The van der Waals surface area contributed by atoms with Gasteiger partial charge in [0.05, 0.1) is 6.54 Å². The Balaban J connectivity index is 2.12. The zero-order valence-corrected chi connectivity index (χ0v) is 9.01. The molecule has 16 heavy (non-hydrogen) atoms. The van der Waals surface area contributed by atoms with Crippen LogP contribution in [0.2, 0.25) is 0 Å². The largest absolute Gasteiger partial charge is 0.325 e. The van der Waals surface area contributed by atoms with Gasteiger partial charge in [0.1, 0.15) is 17.5 Å². The van der Waals surface area contributed by atoms with Crippen LogP contribution in [0.3, 0.4) is 0 Å². The molecule has 0 amide bonds. The molecule has 0 atom stereocenters.